The molecule has 1 fully saturated rings. The molecule has 4 nitrogen and oxygen atoms in total. The van der Waals surface area contributed by atoms with Gasteiger partial charge in [-0.3, -0.25) is 0 Å². The van der Waals surface area contributed by atoms with Crippen LogP contribution in [0.3, 0.4) is 0 Å². The highest BCUT2D eigenvalue weighted by Gasteiger charge is 2.45. The van der Waals surface area contributed by atoms with Gasteiger partial charge in [-0.15, -0.1) is 5.10 Å². The first kappa shape index (κ1) is 13.8. The van der Waals surface area contributed by atoms with Gasteiger partial charge in [-0.25, -0.2) is 4.68 Å². The molecule has 0 amide bonds. The number of nitrogens with zero attached hydrogens (tertiary/aromatic N) is 3. The fraction of sp³-hybridized carbons (Fsp3) is 0.467. The molecule has 1 N–H and O–H groups in total. The average molecular weight is 335 g/mol. The van der Waals surface area contributed by atoms with Crippen LogP contribution in [-0.2, 0) is 7.05 Å². The Morgan fingerprint density at radius 3 is 2.75 bits per heavy atom. The lowest BCUT2D eigenvalue weighted by Gasteiger charge is -2.18. The molecule has 2 aromatic rings. The molecule has 0 saturated heterocycles. The molecule has 1 aromatic heterocycles. The Morgan fingerprint density at radius 2 is 2.15 bits per heavy atom. The zero-order chi connectivity index (χ0) is 14.1. The Bertz CT molecular complexity index is 561. The summed E-state index contributed by atoms with van der Waals surface area (Å²) in [6, 6.07) is 11.1. The minimum atomic E-state index is 0.305. The first-order valence-corrected chi connectivity index (χ1v) is 7.85. The predicted octanol–water partition coefficient (Wildman–Crippen LogP) is 3.03. The molecular weight excluding hydrogens is 316 g/mol. The second-order valence-electron chi connectivity index (χ2n) is 5.34. The first-order valence-electron chi connectivity index (χ1n) is 7.05. The Balaban J connectivity index is 1.84. The summed E-state index contributed by atoms with van der Waals surface area (Å²) < 4.78 is 2.72. The summed E-state index contributed by atoms with van der Waals surface area (Å²) in [5.41, 5.74) is 2.59. The maximum atomic E-state index is 4.12. The first-order chi connectivity index (χ1) is 9.72. The monoisotopic (exact) mass is 334 g/mol. The van der Waals surface area contributed by atoms with E-state index in [1.807, 2.05) is 11.7 Å². The predicted molar refractivity (Wildman–Crippen MR) is 82.4 cm³/mol. The lowest BCUT2D eigenvalue weighted by Crippen LogP contribution is -2.25. The molecule has 3 unspecified atom stereocenters. The topological polar surface area (TPSA) is 42.7 Å². The molecule has 1 aliphatic rings. The number of hydrogen-bond acceptors (Lipinski definition) is 3. The minimum Gasteiger partial charge on any atom is -0.309 e. The maximum absolute atomic E-state index is 4.12. The van der Waals surface area contributed by atoms with Crippen molar-refractivity contribution in [2.24, 2.45) is 13.0 Å². The van der Waals surface area contributed by atoms with Crippen molar-refractivity contribution in [3.63, 3.8) is 0 Å². The lowest BCUT2D eigenvalue weighted by atomic mass is 10.0. The summed E-state index contributed by atoms with van der Waals surface area (Å²) >= 11 is 3.53. The number of hydrogen-bond donors (Lipinski definition) is 1. The summed E-state index contributed by atoms with van der Waals surface area (Å²) in [4.78, 5) is 0. The van der Waals surface area contributed by atoms with Crippen LogP contribution in [0, 0.1) is 5.92 Å². The van der Waals surface area contributed by atoms with E-state index < -0.39 is 0 Å². The zero-order valence-electron chi connectivity index (χ0n) is 11.8. The number of rotatable bonds is 5. The Morgan fingerprint density at radius 1 is 1.40 bits per heavy atom. The van der Waals surface area contributed by atoms with Gasteiger partial charge in [-0.05, 0) is 46.3 Å². The standard InChI is InChI=1S/C15H19BrN4/c1-3-17-13(14-15(16)18-19-20(14)2)12-9-11(12)10-7-5-4-6-8-10/h4-8,11-13,17H,3,9H2,1-2H3. The molecule has 3 atom stereocenters. The molecule has 106 valence electrons. The van der Waals surface area contributed by atoms with Crippen LogP contribution in [0.1, 0.15) is 36.6 Å². The van der Waals surface area contributed by atoms with Crippen molar-refractivity contribution < 1.29 is 0 Å². The number of benzene rings is 1. The Labute approximate surface area is 127 Å². The van der Waals surface area contributed by atoms with E-state index in [0.29, 0.717) is 17.9 Å². The normalized spacial score (nSPS) is 22.8. The van der Waals surface area contributed by atoms with E-state index in [1.165, 1.54) is 12.0 Å². The lowest BCUT2D eigenvalue weighted by molar-refractivity contribution is 0.453. The van der Waals surface area contributed by atoms with E-state index in [0.717, 1.165) is 16.8 Å². The molecule has 0 bridgehead atoms. The Hall–Kier alpha value is -1.20. The molecule has 1 aliphatic carbocycles. The molecule has 1 saturated carbocycles. The molecular formula is C15H19BrN4. The molecule has 0 radical (unpaired) electrons. The number of aromatic nitrogens is 3. The number of aryl methyl sites for hydroxylation is 1. The van der Waals surface area contributed by atoms with Crippen molar-refractivity contribution in [2.75, 3.05) is 6.54 Å². The number of halogens is 1. The van der Waals surface area contributed by atoms with Gasteiger partial charge in [0.05, 0.1) is 11.7 Å². The van der Waals surface area contributed by atoms with Crippen LogP contribution in [0.15, 0.2) is 34.9 Å². The van der Waals surface area contributed by atoms with Gasteiger partial charge in [0.15, 0.2) is 4.60 Å². The fourth-order valence-electron chi connectivity index (χ4n) is 3.01. The van der Waals surface area contributed by atoms with Gasteiger partial charge in [0, 0.05) is 7.05 Å². The van der Waals surface area contributed by atoms with Crippen molar-refractivity contribution in [1.29, 1.82) is 0 Å². The quantitative estimate of drug-likeness (QED) is 0.913. The molecule has 1 aromatic carbocycles. The second-order valence-corrected chi connectivity index (χ2v) is 6.09. The summed E-state index contributed by atoms with van der Waals surface area (Å²) in [6.07, 6.45) is 1.22. The molecule has 20 heavy (non-hydrogen) atoms. The van der Waals surface area contributed by atoms with Gasteiger partial charge in [0.25, 0.3) is 0 Å². The second kappa shape index (κ2) is 5.66. The third-order valence-corrected chi connectivity index (χ3v) is 4.61. The average Bonchev–Trinajstić information content (AvgIpc) is 3.19. The molecule has 3 rings (SSSR count). The van der Waals surface area contributed by atoms with Crippen LogP contribution >= 0.6 is 15.9 Å². The highest BCUT2D eigenvalue weighted by atomic mass is 79.9. The van der Waals surface area contributed by atoms with Crippen molar-refractivity contribution >= 4 is 15.9 Å². The highest BCUT2D eigenvalue weighted by Crippen LogP contribution is 2.54. The SMILES string of the molecule is CCNC(c1c(Br)nnn1C)C1CC1c1ccccc1. The third-order valence-electron chi connectivity index (χ3n) is 4.04. The van der Waals surface area contributed by atoms with E-state index >= 15 is 0 Å². The van der Waals surface area contributed by atoms with Crippen LogP contribution < -0.4 is 5.32 Å². The van der Waals surface area contributed by atoms with Gasteiger partial charge >= 0.3 is 0 Å². The zero-order valence-corrected chi connectivity index (χ0v) is 13.3. The van der Waals surface area contributed by atoms with Gasteiger partial charge in [-0.1, -0.05) is 42.5 Å². The molecule has 1 heterocycles. The number of nitrogens with one attached hydrogen (secondary N) is 1. The third kappa shape index (κ3) is 2.52. The summed E-state index contributed by atoms with van der Waals surface area (Å²) in [5.74, 6) is 1.26. The van der Waals surface area contributed by atoms with Crippen LogP contribution in [0.2, 0.25) is 0 Å². The van der Waals surface area contributed by atoms with Gasteiger partial charge in [-0.2, -0.15) is 0 Å². The molecule has 0 spiro atoms. The largest absolute Gasteiger partial charge is 0.309 e. The summed E-state index contributed by atoms with van der Waals surface area (Å²) in [6.45, 7) is 3.09. The van der Waals surface area contributed by atoms with E-state index in [1.54, 1.807) is 0 Å². The fourth-order valence-corrected chi connectivity index (χ4v) is 3.58. The van der Waals surface area contributed by atoms with Crippen molar-refractivity contribution in [2.45, 2.75) is 25.3 Å². The molecule has 0 aliphatic heterocycles. The molecule has 5 heteroatoms. The maximum Gasteiger partial charge on any atom is 0.153 e. The van der Waals surface area contributed by atoms with E-state index in [9.17, 15) is 0 Å². The van der Waals surface area contributed by atoms with Gasteiger partial charge in [0.2, 0.25) is 0 Å². The van der Waals surface area contributed by atoms with E-state index in [4.69, 9.17) is 0 Å². The Kier molecular flexibility index (Phi) is 3.89. The summed E-state index contributed by atoms with van der Waals surface area (Å²) in [7, 11) is 1.96. The van der Waals surface area contributed by atoms with Gasteiger partial charge in [0.1, 0.15) is 0 Å². The van der Waals surface area contributed by atoms with Crippen molar-refractivity contribution in [3.05, 3.63) is 46.2 Å². The van der Waals surface area contributed by atoms with Crippen LogP contribution in [0.25, 0.3) is 0 Å². The highest BCUT2D eigenvalue weighted by molar-refractivity contribution is 9.10. The van der Waals surface area contributed by atoms with Gasteiger partial charge < -0.3 is 5.32 Å². The van der Waals surface area contributed by atoms with Crippen LogP contribution in [0.4, 0.5) is 0 Å². The van der Waals surface area contributed by atoms with Crippen LogP contribution in [0.5, 0.6) is 0 Å². The minimum absolute atomic E-state index is 0.305. The smallest absolute Gasteiger partial charge is 0.153 e. The van der Waals surface area contributed by atoms with E-state index in [2.05, 4.69) is 68.8 Å². The van der Waals surface area contributed by atoms with E-state index in [-0.39, 0.29) is 0 Å². The van der Waals surface area contributed by atoms with Crippen molar-refractivity contribution in [1.82, 2.24) is 20.3 Å². The van der Waals surface area contributed by atoms with Crippen LogP contribution in [-0.4, -0.2) is 21.5 Å². The summed E-state index contributed by atoms with van der Waals surface area (Å²) in [5, 5.41) is 11.8. The van der Waals surface area contributed by atoms with Crippen molar-refractivity contribution in [3.8, 4) is 0 Å².